The van der Waals surface area contributed by atoms with E-state index in [0.29, 0.717) is 17.2 Å². The van der Waals surface area contributed by atoms with Crippen molar-refractivity contribution in [3.8, 4) is 11.5 Å². The van der Waals surface area contributed by atoms with Gasteiger partial charge in [-0.2, -0.15) is 0 Å². The van der Waals surface area contributed by atoms with Crippen LogP contribution in [0.15, 0.2) is 18.2 Å². The van der Waals surface area contributed by atoms with Gasteiger partial charge in [0, 0.05) is 11.8 Å². The Labute approximate surface area is 98.1 Å². The fourth-order valence-corrected chi connectivity index (χ4v) is 1.40. The number of rotatable bonds is 5. The molecule has 6 nitrogen and oxygen atoms in total. The summed E-state index contributed by atoms with van der Waals surface area (Å²) in [6.07, 6.45) is 0. The lowest BCUT2D eigenvalue weighted by Gasteiger charge is -2.06. The van der Waals surface area contributed by atoms with Crippen molar-refractivity contribution in [1.29, 1.82) is 0 Å². The zero-order chi connectivity index (χ0) is 12.1. The largest absolute Gasteiger partial charge is 0.454 e. The molecule has 17 heavy (non-hydrogen) atoms. The number of hydrogen-bond acceptors (Lipinski definition) is 5. The predicted octanol–water partition coefficient (Wildman–Crippen LogP) is 0.363. The minimum Gasteiger partial charge on any atom is -0.454 e. The van der Waals surface area contributed by atoms with Crippen LogP contribution in [0.4, 0.5) is 5.69 Å². The summed E-state index contributed by atoms with van der Waals surface area (Å²) in [4.78, 5) is 11.4. The number of hydrogen-bond donors (Lipinski definition) is 2. The van der Waals surface area contributed by atoms with Crippen molar-refractivity contribution < 1.29 is 24.1 Å². The monoisotopic (exact) mass is 239 g/mol. The molecule has 0 aliphatic carbocycles. The highest BCUT2D eigenvalue weighted by Gasteiger charge is 2.13. The van der Waals surface area contributed by atoms with Crippen LogP contribution in [0.25, 0.3) is 0 Å². The third-order valence-corrected chi connectivity index (χ3v) is 2.13. The highest BCUT2D eigenvalue weighted by atomic mass is 16.7. The number of aliphatic hydroxyl groups is 1. The first-order valence-electron chi connectivity index (χ1n) is 5.17. The quantitative estimate of drug-likeness (QED) is 0.725. The molecule has 0 unspecified atom stereocenters. The first-order valence-corrected chi connectivity index (χ1v) is 5.17. The molecule has 1 heterocycles. The van der Waals surface area contributed by atoms with Crippen molar-refractivity contribution in [3.05, 3.63) is 18.2 Å². The third kappa shape index (κ3) is 3.08. The Kier molecular flexibility index (Phi) is 3.79. The Morgan fingerprint density at radius 2 is 2.24 bits per heavy atom. The number of benzene rings is 1. The van der Waals surface area contributed by atoms with Gasteiger partial charge in [-0.05, 0) is 12.1 Å². The van der Waals surface area contributed by atoms with E-state index in [-0.39, 0.29) is 32.5 Å². The Balaban J connectivity index is 1.88. The normalized spacial score (nSPS) is 12.5. The number of ether oxygens (including phenoxy) is 3. The second-order valence-electron chi connectivity index (χ2n) is 3.39. The van der Waals surface area contributed by atoms with Gasteiger partial charge < -0.3 is 24.6 Å². The molecule has 0 bridgehead atoms. The summed E-state index contributed by atoms with van der Waals surface area (Å²) in [5.41, 5.74) is 0.617. The minimum atomic E-state index is -0.280. The summed E-state index contributed by atoms with van der Waals surface area (Å²) in [7, 11) is 0. The van der Waals surface area contributed by atoms with E-state index in [2.05, 4.69) is 5.32 Å². The van der Waals surface area contributed by atoms with Crippen molar-refractivity contribution in [2.24, 2.45) is 0 Å². The van der Waals surface area contributed by atoms with E-state index in [0.717, 1.165) is 0 Å². The van der Waals surface area contributed by atoms with Gasteiger partial charge in [-0.25, -0.2) is 0 Å². The molecule has 0 atom stereocenters. The SMILES string of the molecule is O=C(COCCO)Nc1ccc2c(c1)OCO2. The molecule has 0 saturated heterocycles. The summed E-state index contributed by atoms with van der Waals surface area (Å²) in [6, 6.07) is 5.14. The van der Waals surface area contributed by atoms with Crippen LogP contribution in [0.1, 0.15) is 0 Å². The lowest BCUT2D eigenvalue weighted by Crippen LogP contribution is -2.19. The molecule has 1 amide bonds. The Hall–Kier alpha value is -1.79. The van der Waals surface area contributed by atoms with Crippen LogP contribution in [0.5, 0.6) is 11.5 Å². The maximum absolute atomic E-state index is 11.4. The van der Waals surface area contributed by atoms with Gasteiger partial charge in [-0.3, -0.25) is 4.79 Å². The second-order valence-corrected chi connectivity index (χ2v) is 3.39. The summed E-state index contributed by atoms with van der Waals surface area (Å²) in [5.74, 6) is 0.996. The molecular formula is C11H13NO5. The molecule has 1 aromatic rings. The van der Waals surface area contributed by atoms with Gasteiger partial charge in [0.25, 0.3) is 0 Å². The predicted molar refractivity (Wildman–Crippen MR) is 59.1 cm³/mol. The molecule has 6 heteroatoms. The second kappa shape index (κ2) is 5.51. The van der Waals surface area contributed by atoms with Crippen LogP contribution in [-0.4, -0.2) is 37.6 Å². The molecule has 0 fully saturated rings. The van der Waals surface area contributed by atoms with E-state index >= 15 is 0 Å². The highest BCUT2D eigenvalue weighted by Crippen LogP contribution is 2.34. The topological polar surface area (TPSA) is 77.0 Å². The molecule has 2 rings (SSSR count). The van der Waals surface area contributed by atoms with E-state index in [9.17, 15) is 4.79 Å². The number of aliphatic hydroxyl groups excluding tert-OH is 1. The molecule has 0 saturated carbocycles. The molecule has 92 valence electrons. The van der Waals surface area contributed by atoms with Gasteiger partial charge >= 0.3 is 0 Å². The molecular weight excluding hydrogens is 226 g/mol. The maximum Gasteiger partial charge on any atom is 0.250 e. The first-order chi connectivity index (χ1) is 8.29. The van der Waals surface area contributed by atoms with Crippen LogP contribution >= 0.6 is 0 Å². The smallest absolute Gasteiger partial charge is 0.250 e. The Bertz CT molecular complexity index is 407. The molecule has 0 radical (unpaired) electrons. The fourth-order valence-electron chi connectivity index (χ4n) is 1.40. The van der Waals surface area contributed by atoms with Crippen molar-refractivity contribution in [3.63, 3.8) is 0 Å². The van der Waals surface area contributed by atoms with Crippen LogP contribution < -0.4 is 14.8 Å². The summed E-state index contributed by atoms with van der Waals surface area (Å²) < 4.78 is 15.2. The third-order valence-electron chi connectivity index (χ3n) is 2.13. The summed E-state index contributed by atoms with van der Waals surface area (Å²) in [5, 5.41) is 11.1. The van der Waals surface area contributed by atoms with E-state index < -0.39 is 0 Å². The van der Waals surface area contributed by atoms with Crippen LogP contribution in [0.2, 0.25) is 0 Å². The zero-order valence-electron chi connectivity index (χ0n) is 9.14. The highest BCUT2D eigenvalue weighted by molar-refractivity contribution is 5.92. The first kappa shape index (κ1) is 11.7. The van der Waals surface area contributed by atoms with Crippen molar-refractivity contribution in [2.45, 2.75) is 0 Å². The number of fused-ring (bicyclic) bond motifs is 1. The molecule has 0 aromatic heterocycles. The summed E-state index contributed by atoms with van der Waals surface area (Å²) in [6.45, 7) is 0.160. The van der Waals surface area contributed by atoms with Crippen molar-refractivity contribution in [1.82, 2.24) is 0 Å². The summed E-state index contributed by atoms with van der Waals surface area (Å²) >= 11 is 0. The average molecular weight is 239 g/mol. The van der Waals surface area contributed by atoms with Gasteiger partial charge in [-0.1, -0.05) is 0 Å². The average Bonchev–Trinajstić information content (AvgIpc) is 2.76. The number of nitrogens with one attached hydrogen (secondary N) is 1. The molecule has 1 aliphatic heterocycles. The van der Waals surface area contributed by atoms with Gasteiger partial charge in [0.1, 0.15) is 6.61 Å². The standard InChI is InChI=1S/C11H13NO5/c13-3-4-15-6-11(14)12-8-1-2-9-10(5-8)17-7-16-9/h1-2,5,13H,3-4,6-7H2,(H,12,14). The minimum absolute atomic E-state index is 0.0883. The zero-order valence-corrected chi connectivity index (χ0v) is 9.14. The van der Waals surface area contributed by atoms with E-state index in [1.54, 1.807) is 18.2 Å². The lowest BCUT2D eigenvalue weighted by molar-refractivity contribution is -0.120. The van der Waals surface area contributed by atoms with Crippen molar-refractivity contribution >= 4 is 11.6 Å². The van der Waals surface area contributed by atoms with Crippen LogP contribution in [-0.2, 0) is 9.53 Å². The van der Waals surface area contributed by atoms with E-state index in [1.807, 2.05) is 0 Å². The van der Waals surface area contributed by atoms with Gasteiger partial charge in [0.05, 0.1) is 13.2 Å². The van der Waals surface area contributed by atoms with Gasteiger partial charge in [0.2, 0.25) is 12.7 Å². The molecule has 1 aromatic carbocycles. The number of carbonyl (C=O) groups is 1. The molecule has 0 spiro atoms. The Morgan fingerprint density at radius 1 is 1.41 bits per heavy atom. The molecule has 2 N–H and O–H groups in total. The maximum atomic E-state index is 11.4. The lowest BCUT2D eigenvalue weighted by atomic mass is 10.3. The van der Waals surface area contributed by atoms with Gasteiger partial charge in [-0.15, -0.1) is 0 Å². The van der Waals surface area contributed by atoms with Crippen LogP contribution in [0, 0.1) is 0 Å². The van der Waals surface area contributed by atoms with E-state index in [1.165, 1.54) is 0 Å². The fraction of sp³-hybridized carbons (Fsp3) is 0.364. The number of anilines is 1. The van der Waals surface area contributed by atoms with Gasteiger partial charge in [0.15, 0.2) is 11.5 Å². The molecule has 1 aliphatic rings. The Morgan fingerprint density at radius 3 is 3.06 bits per heavy atom. The number of amides is 1. The van der Waals surface area contributed by atoms with E-state index in [4.69, 9.17) is 19.3 Å². The van der Waals surface area contributed by atoms with Crippen molar-refractivity contribution in [2.75, 3.05) is 31.9 Å². The van der Waals surface area contributed by atoms with Crippen LogP contribution in [0.3, 0.4) is 0 Å². The number of carbonyl (C=O) groups excluding carboxylic acids is 1.